The van der Waals surface area contributed by atoms with Gasteiger partial charge in [0.05, 0.1) is 22.9 Å². The highest BCUT2D eigenvalue weighted by atomic mass is 35.5. The van der Waals surface area contributed by atoms with Crippen molar-refractivity contribution in [3.63, 3.8) is 0 Å². The number of benzene rings is 1. The van der Waals surface area contributed by atoms with E-state index in [-0.39, 0.29) is 23.7 Å². The van der Waals surface area contributed by atoms with Crippen molar-refractivity contribution in [2.45, 2.75) is 78.6 Å². The van der Waals surface area contributed by atoms with Crippen molar-refractivity contribution in [1.29, 1.82) is 0 Å². The Hall–Kier alpha value is -1.26. The Balaban J connectivity index is 1.49. The van der Waals surface area contributed by atoms with Gasteiger partial charge in [0.15, 0.2) is 5.78 Å². The van der Waals surface area contributed by atoms with Crippen LogP contribution in [-0.4, -0.2) is 12.3 Å². The Labute approximate surface area is 199 Å². The number of hydrazine groups is 1. The Morgan fingerprint density at radius 3 is 2.62 bits per heavy atom. The third kappa shape index (κ3) is 4.07. The van der Waals surface area contributed by atoms with E-state index in [0.717, 1.165) is 30.1 Å². The molecule has 0 aliphatic heterocycles. The molecular formula is C27H42ClN3O. The number of fused-ring (bicyclic) bond motifs is 3. The maximum atomic E-state index is 13.5. The lowest BCUT2D eigenvalue weighted by atomic mass is 9.50. The van der Waals surface area contributed by atoms with Gasteiger partial charge in [-0.2, -0.15) is 0 Å². The maximum absolute atomic E-state index is 13.5. The number of halogens is 1. The number of nitrogens with two attached hydrogens (primary N) is 2. The molecule has 4 N–H and O–H groups in total. The molecule has 0 bridgehead atoms. The highest BCUT2D eigenvalue weighted by Crippen LogP contribution is 2.63. The Kier molecular flexibility index (Phi) is 7.12. The van der Waals surface area contributed by atoms with Crippen molar-refractivity contribution in [2.24, 2.45) is 46.8 Å². The van der Waals surface area contributed by atoms with E-state index in [4.69, 9.17) is 23.2 Å². The number of carbonyl (C=O) groups is 1. The zero-order chi connectivity index (χ0) is 23.0. The summed E-state index contributed by atoms with van der Waals surface area (Å²) >= 11 is 6.33. The minimum Gasteiger partial charge on any atom is -0.397 e. The van der Waals surface area contributed by atoms with Gasteiger partial charge in [0.25, 0.3) is 0 Å². The largest absolute Gasteiger partial charge is 0.397 e. The van der Waals surface area contributed by atoms with Gasteiger partial charge in [-0.1, -0.05) is 57.7 Å². The number of hydrogen-bond donors (Lipinski definition) is 2. The SMILES string of the molecule is CCCC1C(CC)CCC2C1CCC1(C)C(C(=O)CN(N)c3c(N)cccc3Cl)CCC21. The molecule has 0 spiro atoms. The summed E-state index contributed by atoms with van der Waals surface area (Å²) in [5, 5.41) is 1.96. The molecule has 3 fully saturated rings. The first kappa shape index (κ1) is 23.9. The molecule has 0 aromatic heterocycles. The predicted octanol–water partition coefficient (Wildman–Crippen LogP) is 6.47. The van der Waals surface area contributed by atoms with E-state index in [1.54, 1.807) is 18.2 Å². The molecule has 4 rings (SSSR count). The molecule has 1 aromatic carbocycles. The predicted molar refractivity (Wildman–Crippen MR) is 134 cm³/mol. The first-order valence-electron chi connectivity index (χ1n) is 12.9. The minimum absolute atomic E-state index is 0.0942. The summed E-state index contributed by atoms with van der Waals surface area (Å²) in [5.74, 6) is 10.8. The third-order valence-corrected chi connectivity index (χ3v) is 9.99. The van der Waals surface area contributed by atoms with Gasteiger partial charge in [-0.3, -0.25) is 4.79 Å². The Morgan fingerprint density at radius 2 is 1.94 bits per heavy atom. The molecule has 0 saturated heterocycles. The summed E-state index contributed by atoms with van der Waals surface area (Å²) in [4.78, 5) is 13.5. The fraction of sp³-hybridized carbons (Fsp3) is 0.741. The summed E-state index contributed by atoms with van der Waals surface area (Å²) < 4.78 is 0. The molecule has 5 heteroatoms. The molecule has 0 heterocycles. The average molecular weight is 460 g/mol. The molecule has 7 unspecified atom stereocenters. The normalized spacial score (nSPS) is 36.4. The smallest absolute Gasteiger partial charge is 0.157 e. The van der Waals surface area contributed by atoms with Crippen LogP contribution in [0.25, 0.3) is 0 Å². The minimum atomic E-state index is 0.0942. The molecule has 3 saturated carbocycles. The monoisotopic (exact) mass is 459 g/mol. The van der Waals surface area contributed by atoms with Gasteiger partial charge in [0.2, 0.25) is 0 Å². The Bertz CT molecular complexity index is 809. The molecule has 7 atom stereocenters. The standard InChI is InChI=1S/C27H42ClN3O/c1-4-7-18-17(5-2)10-11-20-19(18)14-15-27(3)21(20)12-13-22(27)25(32)16-31(30)26-23(28)8-6-9-24(26)29/h6,8-9,17-22H,4-5,7,10-16,29-30H2,1-3H3. The van der Waals surface area contributed by atoms with Crippen LogP contribution >= 0.6 is 11.6 Å². The van der Waals surface area contributed by atoms with Crippen LogP contribution in [0.5, 0.6) is 0 Å². The van der Waals surface area contributed by atoms with Gasteiger partial charge in [-0.25, -0.2) is 5.84 Å². The number of rotatable bonds is 7. The number of nitrogen functional groups attached to an aromatic ring is 1. The molecular weight excluding hydrogens is 418 g/mol. The number of Topliss-reactive ketones (excluding diaryl/α,β-unsaturated/α-hetero) is 1. The first-order valence-corrected chi connectivity index (χ1v) is 13.3. The van der Waals surface area contributed by atoms with E-state index < -0.39 is 0 Å². The zero-order valence-corrected chi connectivity index (χ0v) is 20.9. The van der Waals surface area contributed by atoms with E-state index in [2.05, 4.69) is 20.8 Å². The van der Waals surface area contributed by atoms with Crippen LogP contribution < -0.4 is 16.6 Å². The van der Waals surface area contributed by atoms with Crippen LogP contribution in [0.3, 0.4) is 0 Å². The number of para-hydroxylation sites is 1. The summed E-state index contributed by atoms with van der Waals surface area (Å²) in [6.07, 6.45) is 11.4. The van der Waals surface area contributed by atoms with Crippen LogP contribution in [-0.2, 0) is 4.79 Å². The molecule has 0 amide bonds. The lowest BCUT2D eigenvalue weighted by Crippen LogP contribution is -2.49. The first-order chi connectivity index (χ1) is 15.3. The lowest BCUT2D eigenvalue weighted by Gasteiger charge is -2.54. The van der Waals surface area contributed by atoms with Crippen LogP contribution in [0.4, 0.5) is 11.4 Å². The highest BCUT2D eigenvalue weighted by molar-refractivity contribution is 6.34. The van der Waals surface area contributed by atoms with Gasteiger partial charge < -0.3 is 10.7 Å². The van der Waals surface area contributed by atoms with Crippen LogP contribution in [0.2, 0.25) is 5.02 Å². The molecule has 3 aliphatic rings. The van der Waals surface area contributed by atoms with Gasteiger partial charge in [-0.15, -0.1) is 0 Å². The highest BCUT2D eigenvalue weighted by Gasteiger charge is 2.57. The maximum Gasteiger partial charge on any atom is 0.157 e. The number of carbonyl (C=O) groups excluding carboxylic acids is 1. The second kappa shape index (κ2) is 9.54. The van der Waals surface area contributed by atoms with Crippen molar-refractivity contribution < 1.29 is 4.79 Å². The van der Waals surface area contributed by atoms with Crippen LogP contribution in [0.1, 0.15) is 78.6 Å². The van der Waals surface area contributed by atoms with Crippen molar-refractivity contribution in [1.82, 2.24) is 0 Å². The molecule has 32 heavy (non-hydrogen) atoms. The van der Waals surface area contributed by atoms with Crippen LogP contribution in [0.15, 0.2) is 18.2 Å². The third-order valence-electron chi connectivity index (χ3n) is 9.69. The van der Waals surface area contributed by atoms with E-state index in [0.29, 0.717) is 22.3 Å². The number of anilines is 2. The van der Waals surface area contributed by atoms with Crippen molar-refractivity contribution >= 4 is 28.8 Å². The number of nitrogens with zero attached hydrogens (tertiary/aromatic N) is 1. The van der Waals surface area contributed by atoms with E-state index in [9.17, 15) is 4.79 Å². The van der Waals surface area contributed by atoms with Gasteiger partial charge in [-0.05, 0) is 85.7 Å². The quantitative estimate of drug-likeness (QED) is 0.278. The second-order valence-electron chi connectivity index (χ2n) is 11.1. The fourth-order valence-electron chi connectivity index (χ4n) is 8.24. The van der Waals surface area contributed by atoms with E-state index in [1.807, 2.05) is 0 Å². The summed E-state index contributed by atoms with van der Waals surface area (Å²) in [7, 11) is 0. The molecule has 4 nitrogen and oxygen atoms in total. The van der Waals surface area contributed by atoms with Crippen molar-refractivity contribution in [3.8, 4) is 0 Å². The van der Waals surface area contributed by atoms with Gasteiger partial charge >= 0.3 is 0 Å². The number of ketones is 1. The summed E-state index contributed by atoms with van der Waals surface area (Å²) in [6.45, 7) is 7.31. The number of hydrogen-bond acceptors (Lipinski definition) is 4. The van der Waals surface area contributed by atoms with Gasteiger partial charge in [0, 0.05) is 5.92 Å². The lowest BCUT2D eigenvalue weighted by molar-refractivity contribution is -0.128. The van der Waals surface area contributed by atoms with Gasteiger partial charge in [0.1, 0.15) is 0 Å². The zero-order valence-electron chi connectivity index (χ0n) is 20.2. The molecule has 0 radical (unpaired) electrons. The second-order valence-corrected chi connectivity index (χ2v) is 11.5. The topological polar surface area (TPSA) is 72.3 Å². The summed E-state index contributed by atoms with van der Waals surface area (Å²) in [6, 6.07) is 5.35. The van der Waals surface area contributed by atoms with Crippen LogP contribution in [0, 0.1) is 40.9 Å². The van der Waals surface area contributed by atoms with Crippen molar-refractivity contribution in [3.05, 3.63) is 23.2 Å². The summed E-state index contributed by atoms with van der Waals surface area (Å²) in [5.41, 5.74) is 7.29. The molecule has 1 aromatic rings. The molecule has 178 valence electrons. The van der Waals surface area contributed by atoms with Crippen molar-refractivity contribution in [2.75, 3.05) is 17.3 Å². The fourth-order valence-corrected chi connectivity index (χ4v) is 8.54. The molecule has 3 aliphatic carbocycles. The Morgan fingerprint density at radius 1 is 1.16 bits per heavy atom. The van der Waals surface area contributed by atoms with E-state index in [1.165, 1.54) is 56.4 Å². The van der Waals surface area contributed by atoms with E-state index >= 15 is 0 Å². The average Bonchev–Trinajstić information content (AvgIpc) is 3.11.